The molecule has 8 nitrogen and oxygen atoms in total. The Morgan fingerprint density at radius 2 is 1.58 bits per heavy atom. The van der Waals surface area contributed by atoms with E-state index in [9.17, 15) is 28.7 Å². The highest BCUT2D eigenvalue weighted by molar-refractivity contribution is 8.00. The number of nitrogens with zero attached hydrogens (tertiary/aromatic N) is 2. The summed E-state index contributed by atoms with van der Waals surface area (Å²) in [6, 6.07) is 19.0. The zero-order valence-electron chi connectivity index (χ0n) is 23.5. The Morgan fingerprint density at radius 1 is 0.930 bits per heavy atom. The first kappa shape index (κ1) is 28.9. The number of benzene rings is 3. The van der Waals surface area contributed by atoms with E-state index in [1.165, 1.54) is 41.0 Å². The predicted molar refractivity (Wildman–Crippen MR) is 164 cm³/mol. The molecule has 2 aliphatic rings. The molecule has 0 bridgehead atoms. The Morgan fingerprint density at radius 3 is 2.21 bits per heavy atom. The second kappa shape index (κ2) is 10.8. The maximum atomic E-state index is 14.0. The third-order valence-corrected chi connectivity index (χ3v) is 10.3. The molecule has 3 heterocycles. The molecule has 1 saturated heterocycles. The van der Waals surface area contributed by atoms with E-state index >= 15 is 0 Å². The summed E-state index contributed by atoms with van der Waals surface area (Å²) in [5, 5.41) is 11.9. The van der Waals surface area contributed by atoms with Gasteiger partial charge in [-0.1, -0.05) is 68.1 Å². The van der Waals surface area contributed by atoms with Crippen molar-refractivity contribution >= 4 is 52.2 Å². The molecular weight excluding hydrogens is 590 g/mol. The lowest BCUT2D eigenvalue weighted by molar-refractivity contribution is -0.122. The Labute approximate surface area is 255 Å². The van der Waals surface area contributed by atoms with Crippen molar-refractivity contribution < 1.29 is 23.9 Å². The Kier molecular flexibility index (Phi) is 7.26. The van der Waals surface area contributed by atoms with E-state index in [0.717, 1.165) is 39.1 Å². The number of fused-ring (bicyclic) bond motifs is 2. The van der Waals surface area contributed by atoms with E-state index in [2.05, 4.69) is 26.1 Å². The molecule has 3 atom stereocenters. The molecule has 2 aliphatic heterocycles. The number of hydrogen-bond donors (Lipinski definition) is 2. The predicted octanol–water partition coefficient (Wildman–Crippen LogP) is 5.49. The third-order valence-electron chi connectivity index (χ3n) is 7.72. The first-order valence-corrected chi connectivity index (χ1v) is 15.3. The number of aromatic nitrogens is 1. The van der Waals surface area contributed by atoms with E-state index in [0.29, 0.717) is 15.6 Å². The summed E-state index contributed by atoms with van der Waals surface area (Å²) in [5.74, 6) is -3.15. The van der Waals surface area contributed by atoms with Gasteiger partial charge in [0.2, 0.25) is 17.7 Å². The highest BCUT2D eigenvalue weighted by atomic mass is 32.2. The minimum Gasteiger partial charge on any atom is -0.508 e. The molecule has 6 rings (SSSR count). The topological polar surface area (TPSA) is 109 Å². The van der Waals surface area contributed by atoms with Gasteiger partial charge in [0.25, 0.3) is 0 Å². The third kappa shape index (κ3) is 5.27. The molecule has 0 saturated carbocycles. The standard InChI is InChI=1S/C32H28FN3O5S2/c1-32(2,3)18-6-4-17(5-7-18)24-25-26(29(40)36(28(25)39)21-12-8-19(33)9-13-21)42-30-27(24)43-31(41)35(30)16-23(38)34-20-10-14-22(37)15-11-20/h4-15,24-26,37H,16H2,1-3H3,(H,34,38)/t24-,25-,26+/m0/s1. The fourth-order valence-electron chi connectivity index (χ4n) is 5.54. The van der Waals surface area contributed by atoms with Crippen LogP contribution in [0.1, 0.15) is 42.7 Å². The van der Waals surface area contributed by atoms with Crippen LogP contribution >= 0.6 is 23.1 Å². The molecule has 43 heavy (non-hydrogen) atoms. The number of hydrogen-bond acceptors (Lipinski definition) is 7. The molecule has 0 aliphatic carbocycles. The maximum absolute atomic E-state index is 14.0. The van der Waals surface area contributed by atoms with Crippen LogP contribution in [0.4, 0.5) is 15.8 Å². The summed E-state index contributed by atoms with van der Waals surface area (Å²) < 4.78 is 15.0. The van der Waals surface area contributed by atoms with E-state index < -0.39 is 40.6 Å². The van der Waals surface area contributed by atoms with E-state index in [4.69, 9.17) is 0 Å². The summed E-state index contributed by atoms with van der Waals surface area (Å²) in [6.45, 7) is 6.00. The summed E-state index contributed by atoms with van der Waals surface area (Å²) in [7, 11) is 0. The number of thioether (sulfide) groups is 1. The Hall–Kier alpha value is -4.22. The number of imide groups is 1. The van der Waals surface area contributed by atoms with Crippen molar-refractivity contribution in [3.05, 3.63) is 104 Å². The lowest BCUT2D eigenvalue weighted by Gasteiger charge is -2.31. The van der Waals surface area contributed by atoms with Crippen LogP contribution in [0.2, 0.25) is 0 Å². The van der Waals surface area contributed by atoms with Gasteiger partial charge in [0.05, 0.1) is 16.6 Å². The minimum absolute atomic E-state index is 0.0547. The summed E-state index contributed by atoms with van der Waals surface area (Å²) in [4.78, 5) is 55.5. The van der Waals surface area contributed by atoms with Gasteiger partial charge in [-0.15, -0.1) is 0 Å². The molecule has 1 fully saturated rings. The van der Waals surface area contributed by atoms with E-state index in [1.807, 2.05) is 24.3 Å². The van der Waals surface area contributed by atoms with Crippen LogP contribution in [0.15, 0.2) is 82.6 Å². The SMILES string of the molecule is CC(C)(C)c1ccc([C@@H]2c3sc(=O)n(CC(=O)Nc4ccc(O)cc4)c3S[C@H]3C(=O)N(c4ccc(F)cc4)C(=O)[C@@H]23)cc1. The van der Waals surface area contributed by atoms with Gasteiger partial charge in [-0.25, -0.2) is 9.29 Å². The fraction of sp³-hybridized carbons (Fsp3) is 0.250. The number of nitrogens with one attached hydrogen (secondary N) is 1. The number of rotatable bonds is 5. The average Bonchev–Trinajstić information content (AvgIpc) is 3.40. The second-order valence-corrected chi connectivity index (χ2v) is 13.7. The first-order valence-electron chi connectivity index (χ1n) is 13.7. The van der Waals surface area contributed by atoms with Gasteiger partial charge in [0.1, 0.15) is 23.4 Å². The smallest absolute Gasteiger partial charge is 0.308 e. The number of halogens is 1. The van der Waals surface area contributed by atoms with Crippen molar-refractivity contribution in [2.45, 2.75) is 48.9 Å². The van der Waals surface area contributed by atoms with Crippen LogP contribution in [0.5, 0.6) is 5.75 Å². The van der Waals surface area contributed by atoms with Crippen molar-refractivity contribution in [3.8, 4) is 5.75 Å². The molecule has 3 aromatic carbocycles. The molecule has 3 amide bonds. The van der Waals surface area contributed by atoms with Crippen LogP contribution in [0.3, 0.4) is 0 Å². The average molecular weight is 618 g/mol. The minimum atomic E-state index is -0.849. The Bertz CT molecular complexity index is 1790. The molecule has 11 heteroatoms. The van der Waals surface area contributed by atoms with Crippen molar-refractivity contribution in [1.29, 1.82) is 0 Å². The molecule has 2 N–H and O–H groups in total. The highest BCUT2D eigenvalue weighted by Crippen LogP contribution is 2.54. The summed E-state index contributed by atoms with van der Waals surface area (Å²) >= 11 is 2.09. The number of carbonyl (C=O) groups excluding carboxylic acids is 3. The molecule has 0 unspecified atom stereocenters. The van der Waals surface area contributed by atoms with Gasteiger partial charge in [-0.3, -0.25) is 23.7 Å². The number of amides is 3. The molecular formula is C32H28FN3O5S2. The van der Waals surface area contributed by atoms with Crippen LogP contribution in [0, 0.1) is 11.7 Å². The van der Waals surface area contributed by atoms with Crippen molar-refractivity contribution in [1.82, 2.24) is 4.57 Å². The van der Waals surface area contributed by atoms with Gasteiger partial charge in [0.15, 0.2) is 0 Å². The lowest BCUT2D eigenvalue weighted by atomic mass is 9.81. The quantitative estimate of drug-likeness (QED) is 0.227. The van der Waals surface area contributed by atoms with Gasteiger partial charge in [0, 0.05) is 16.5 Å². The number of carbonyl (C=O) groups is 3. The van der Waals surface area contributed by atoms with E-state index in [-0.39, 0.29) is 28.3 Å². The van der Waals surface area contributed by atoms with E-state index in [1.54, 1.807) is 12.1 Å². The maximum Gasteiger partial charge on any atom is 0.308 e. The number of thiazole rings is 1. The van der Waals surface area contributed by atoms with Crippen LogP contribution in [0.25, 0.3) is 0 Å². The molecule has 1 aromatic heterocycles. The summed E-state index contributed by atoms with van der Waals surface area (Å²) in [6.07, 6.45) is 0. The second-order valence-electron chi connectivity index (χ2n) is 11.6. The fourth-order valence-corrected chi connectivity index (χ4v) is 8.31. The van der Waals surface area contributed by atoms with Gasteiger partial charge in [-0.05, 0) is 65.1 Å². The number of anilines is 2. The number of phenols is 1. The largest absolute Gasteiger partial charge is 0.508 e. The first-order chi connectivity index (χ1) is 20.4. The van der Waals surface area contributed by atoms with Gasteiger partial charge in [-0.2, -0.15) is 0 Å². The molecule has 4 aromatic rings. The van der Waals surface area contributed by atoms with Gasteiger partial charge < -0.3 is 10.4 Å². The number of phenolic OH excluding ortho intramolecular Hbond substituents is 1. The molecule has 0 radical (unpaired) electrons. The zero-order valence-corrected chi connectivity index (χ0v) is 25.2. The van der Waals surface area contributed by atoms with Crippen molar-refractivity contribution in [3.63, 3.8) is 0 Å². The summed E-state index contributed by atoms with van der Waals surface area (Å²) in [5.41, 5.74) is 2.51. The Balaban J connectivity index is 1.41. The van der Waals surface area contributed by atoms with Crippen molar-refractivity contribution in [2.24, 2.45) is 5.92 Å². The van der Waals surface area contributed by atoms with Crippen molar-refractivity contribution in [2.75, 3.05) is 10.2 Å². The van der Waals surface area contributed by atoms with Crippen LogP contribution in [-0.4, -0.2) is 32.6 Å². The normalized spacial score (nSPS) is 19.7. The zero-order chi connectivity index (χ0) is 30.6. The number of aromatic hydroxyl groups is 1. The molecule has 220 valence electrons. The molecule has 0 spiro atoms. The highest BCUT2D eigenvalue weighted by Gasteiger charge is 2.56. The van der Waals surface area contributed by atoms with Crippen LogP contribution in [-0.2, 0) is 26.3 Å². The van der Waals surface area contributed by atoms with Crippen LogP contribution < -0.4 is 15.1 Å². The monoisotopic (exact) mass is 617 g/mol. The van der Waals surface area contributed by atoms with Gasteiger partial charge >= 0.3 is 4.87 Å². The lowest BCUT2D eigenvalue weighted by Crippen LogP contribution is -2.33.